The van der Waals surface area contributed by atoms with Gasteiger partial charge in [0.2, 0.25) is 0 Å². The Balaban J connectivity index is 1.50. The number of hydrogen-bond acceptors (Lipinski definition) is 4. The topological polar surface area (TPSA) is 69.0 Å². The van der Waals surface area contributed by atoms with Crippen molar-refractivity contribution in [1.29, 1.82) is 0 Å². The van der Waals surface area contributed by atoms with E-state index in [9.17, 15) is 4.79 Å². The number of aromatic nitrogens is 3. The van der Waals surface area contributed by atoms with Crippen LogP contribution in [0.2, 0.25) is 0 Å². The highest BCUT2D eigenvalue weighted by Crippen LogP contribution is 2.42. The third-order valence-electron chi connectivity index (χ3n) is 4.74. The zero-order valence-electron chi connectivity index (χ0n) is 15.3. The highest BCUT2D eigenvalue weighted by molar-refractivity contribution is 5.93. The molecule has 1 heterocycles. The number of rotatable bonds is 7. The Morgan fingerprint density at radius 3 is 2.56 bits per heavy atom. The lowest BCUT2D eigenvalue weighted by molar-refractivity contribution is 0.0948. The molecule has 1 aromatic heterocycles. The average molecular weight is 362 g/mol. The fraction of sp³-hybridized carbons (Fsp3) is 0.286. The average Bonchev–Trinajstić information content (AvgIpc) is 3.46. The second-order valence-corrected chi connectivity index (χ2v) is 6.70. The smallest absolute Gasteiger partial charge is 0.273 e. The molecule has 0 unspecified atom stereocenters. The molecule has 27 heavy (non-hydrogen) atoms. The third kappa shape index (κ3) is 3.84. The summed E-state index contributed by atoms with van der Waals surface area (Å²) < 4.78 is 6.99. The highest BCUT2D eigenvalue weighted by Gasteiger charge is 2.34. The van der Waals surface area contributed by atoms with Gasteiger partial charge in [0.05, 0.1) is 18.5 Å². The van der Waals surface area contributed by atoms with Crippen LogP contribution in [0.5, 0.6) is 5.75 Å². The van der Waals surface area contributed by atoms with Crippen LogP contribution in [-0.4, -0.2) is 34.6 Å². The second-order valence-electron chi connectivity index (χ2n) is 6.70. The molecule has 0 saturated heterocycles. The molecule has 0 atom stereocenters. The number of amides is 1. The summed E-state index contributed by atoms with van der Waals surface area (Å²) in [5, 5.41) is 11.4. The molecule has 1 amide bonds. The first-order valence-corrected chi connectivity index (χ1v) is 9.18. The lowest BCUT2D eigenvalue weighted by atomic mass is 10.1. The van der Waals surface area contributed by atoms with E-state index < -0.39 is 0 Å². The van der Waals surface area contributed by atoms with Crippen molar-refractivity contribution in [3.05, 3.63) is 71.5 Å². The molecule has 0 aliphatic heterocycles. The van der Waals surface area contributed by atoms with Gasteiger partial charge in [0.15, 0.2) is 5.69 Å². The minimum absolute atomic E-state index is 0.160. The summed E-state index contributed by atoms with van der Waals surface area (Å²) in [7, 11) is 1.64. The summed E-state index contributed by atoms with van der Waals surface area (Å²) in [5.74, 6) is 0.968. The summed E-state index contributed by atoms with van der Waals surface area (Å²) in [6, 6.07) is 17.7. The van der Waals surface area contributed by atoms with Crippen molar-refractivity contribution < 1.29 is 9.53 Å². The van der Waals surface area contributed by atoms with Crippen molar-refractivity contribution in [1.82, 2.24) is 20.3 Å². The Hall–Kier alpha value is -3.15. The van der Waals surface area contributed by atoms with Crippen LogP contribution in [0.4, 0.5) is 0 Å². The first kappa shape index (κ1) is 17.3. The predicted molar refractivity (Wildman–Crippen MR) is 102 cm³/mol. The molecule has 2 aromatic carbocycles. The van der Waals surface area contributed by atoms with E-state index in [2.05, 4.69) is 27.8 Å². The van der Waals surface area contributed by atoms with E-state index in [0.717, 1.165) is 36.4 Å². The molecular weight excluding hydrogens is 340 g/mol. The number of carbonyl (C=O) groups is 1. The van der Waals surface area contributed by atoms with Crippen molar-refractivity contribution >= 4 is 5.91 Å². The van der Waals surface area contributed by atoms with Gasteiger partial charge in [-0.3, -0.25) is 4.79 Å². The standard InChI is InChI=1S/C21H22N4O2/c1-27-18-11-9-17(10-12-18)25-20(16-7-8-16)19(23-24-25)21(26)22-14-13-15-5-3-2-4-6-15/h2-6,9-12,16H,7-8,13-14H2,1H3,(H,22,26). The summed E-state index contributed by atoms with van der Waals surface area (Å²) in [6.45, 7) is 0.572. The van der Waals surface area contributed by atoms with Gasteiger partial charge in [-0.25, -0.2) is 4.68 Å². The van der Waals surface area contributed by atoms with Crippen LogP contribution in [0.3, 0.4) is 0 Å². The minimum atomic E-state index is -0.160. The Bertz CT molecular complexity index is 915. The van der Waals surface area contributed by atoms with E-state index >= 15 is 0 Å². The second kappa shape index (κ2) is 7.61. The number of methoxy groups -OCH3 is 1. The van der Waals surface area contributed by atoms with Crippen molar-refractivity contribution in [3.8, 4) is 11.4 Å². The molecule has 6 heteroatoms. The van der Waals surface area contributed by atoms with Crippen LogP contribution in [0.15, 0.2) is 54.6 Å². The summed E-state index contributed by atoms with van der Waals surface area (Å²) in [6.07, 6.45) is 2.92. The molecule has 3 aromatic rings. The molecule has 138 valence electrons. The van der Waals surface area contributed by atoms with Crippen LogP contribution in [0.1, 0.15) is 40.5 Å². The van der Waals surface area contributed by atoms with E-state index in [0.29, 0.717) is 18.2 Å². The fourth-order valence-electron chi connectivity index (χ4n) is 3.14. The minimum Gasteiger partial charge on any atom is -0.497 e. The van der Waals surface area contributed by atoms with Gasteiger partial charge >= 0.3 is 0 Å². The number of nitrogens with one attached hydrogen (secondary N) is 1. The van der Waals surface area contributed by atoms with Gasteiger partial charge < -0.3 is 10.1 Å². The number of ether oxygens (including phenoxy) is 1. The van der Waals surface area contributed by atoms with Crippen LogP contribution in [0.25, 0.3) is 5.69 Å². The zero-order chi connectivity index (χ0) is 18.6. The normalized spacial score (nSPS) is 13.4. The Labute approximate surface area is 158 Å². The van der Waals surface area contributed by atoms with Crippen LogP contribution in [0, 0.1) is 0 Å². The van der Waals surface area contributed by atoms with Crippen molar-refractivity contribution in [3.63, 3.8) is 0 Å². The van der Waals surface area contributed by atoms with Gasteiger partial charge in [-0.05, 0) is 49.1 Å². The number of nitrogens with zero attached hydrogens (tertiary/aromatic N) is 3. The SMILES string of the molecule is COc1ccc(-n2nnc(C(=O)NCCc3ccccc3)c2C2CC2)cc1. The van der Waals surface area contributed by atoms with Gasteiger partial charge in [0.1, 0.15) is 5.75 Å². The molecule has 6 nitrogen and oxygen atoms in total. The van der Waals surface area contributed by atoms with E-state index in [1.165, 1.54) is 5.56 Å². The van der Waals surface area contributed by atoms with E-state index in [1.54, 1.807) is 11.8 Å². The highest BCUT2D eigenvalue weighted by atomic mass is 16.5. The molecule has 4 rings (SSSR count). The van der Waals surface area contributed by atoms with Crippen LogP contribution in [-0.2, 0) is 6.42 Å². The van der Waals surface area contributed by atoms with E-state index in [-0.39, 0.29) is 5.91 Å². The Morgan fingerprint density at radius 1 is 1.15 bits per heavy atom. The van der Waals surface area contributed by atoms with Crippen molar-refractivity contribution in [2.24, 2.45) is 0 Å². The molecule has 0 spiro atoms. The molecule has 1 saturated carbocycles. The molecule has 1 aliphatic carbocycles. The molecule has 0 radical (unpaired) electrons. The maximum Gasteiger partial charge on any atom is 0.273 e. The lowest BCUT2D eigenvalue weighted by Crippen LogP contribution is -2.27. The first-order valence-electron chi connectivity index (χ1n) is 9.18. The zero-order valence-corrected chi connectivity index (χ0v) is 15.3. The molecule has 1 N–H and O–H groups in total. The van der Waals surface area contributed by atoms with Gasteiger partial charge in [0.25, 0.3) is 5.91 Å². The predicted octanol–water partition coefficient (Wildman–Crippen LogP) is 3.13. The summed E-state index contributed by atoms with van der Waals surface area (Å²) >= 11 is 0. The Kier molecular flexibility index (Phi) is 4.87. The largest absolute Gasteiger partial charge is 0.497 e. The Morgan fingerprint density at radius 2 is 1.89 bits per heavy atom. The van der Waals surface area contributed by atoms with Gasteiger partial charge in [-0.1, -0.05) is 35.5 Å². The molecule has 0 bridgehead atoms. The van der Waals surface area contributed by atoms with Crippen molar-refractivity contribution in [2.75, 3.05) is 13.7 Å². The van der Waals surface area contributed by atoms with E-state index in [4.69, 9.17) is 4.74 Å². The fourth-order valence-corrected chi connectivity index (χ4v) is 3.14. The van der Waals surface area contributed by atoms with E-state index in [1.807, 2.05) is 42.5 Å². The molecular formula is C21H22N4O2. The van der Waals surface area contributed by atoms with Gasteiger partial charge in [-0.2, -0.15) is 0 Å². The number of hydrogen-bond donors (Lipinski definition) is 1. The first-order chi connectivity index (χ1) is 13.3. The van der Waals surface area contributed by atoms with Crippen LogP contribution < -0.4 is 10.1 Å². The maximum atomic E-state index is 12.7. The monoisotopic (exact) mass is 362 g/mol. The summed E-state index contributed by atoms with van der Waals surface area (Å²) in [4.78, 5) is 12.7. The number of carbonyl (C=O) groups excluding carboxylic acids is 1. The molecule has 1 fully saturated rings. The quantitative estimate of drug-likeness (QED) is 0.701. The summed E-state index contributed by atoms with van der Waals surface area (Å²) in [5.41, 5.74) is 3.41. The van der Waals surface area contributed by atoms with Gasteiger partial charge in [0, 0.05) is 12.5 Å². The lowest BCUT2D eigenvalue weighted by Gasteiger charge is -2.08. The van der Waals surface area contributed by atoms with Crippen molar-refractivity contribution in [2.45, 2.75) is 25.2 Å². The number of benzene rings is 2. The maximum absolute atomic E-state index is 12.7. The van der Waals surface area contributed by atoms with Gasteiger partial charge in [-0.15, -0.1) is 5.10 Å². The third-order valence-corrected chi connectivity index (χ3v) is 4.74. The molecule has 1 aliphatic rings. The van der Waals surface area contributed by atoms with Crippen LogP contribution >= 0.6 is 0 Å².